The van der Waals surface area contributed by atoms with Crippen LogP contribution in [0, 0.1) is 5.92 Å². The van der Waals surface area contributed by atoms with E-state index in [1.54, 1.807) is 0 Å². The fourth-order valence-corrected chi connectivity index (χ4v) is 3.03. The van der Waals surface area contributed by atoms with Crippen LogP contribution in [-0.4, -0.2) is 29.6 Å². The minimum Gasteiger partial charge on any atom is -0.461 e. The summed E-state index contributed by atoms with van der Waals surface area (Å²) in [6.45, 7) is 3.54. The molecule has 3 unspecified atom stereocenters. The van der Waals surface area contributed by atoms with Gasteiger partial charge in [0.15, 0.2) is 0 Å². The molecule has 3 aliphatic rings. The van der Waals surface area contributed by atoms with E-state index in [1.807, 2.05) is 6.07 Å². The van der Waals surface area contributed by atoms with E-state index in [1.165, 1.54) is 18.9 Å². The molecule has 2 aliphatic heterocycles. The molecule has 3 heteroatoms. The lowest BCUT2D eigenvalue weighted by Gasteiger charge is -2.35. The zero-order valence-electron chi connectivity index (χ0n) is 10.0. The van der Waals surface area contributed by atoms with E-state index in [-0.39, 0.29) is 12.1 Å². The van der Waals surface area contributed by atoms with Crippen LogP contribution in [-0.2, 0) is 16.1 Å². The second-order valence-electron chi connectivity index (χ2n) is 5.05. The molecule has 0 N–H and O–H groups in total. The molecule has 0 aromatic heterocycles. The number of hydrogen-bond acceptors (Lipinski definition) is 3. The standard InChI is InChI=1S/C14H17NO2/c1-10(16)17-14-12-7-13(14)15(9-12)8-11-5-3-2-4-6-11/h2-6,12-14H,7-9H2,1H3. The summed E-state index contributed by atoms with van der Waals surface area (Å²) >= 11 is 0. The van der Waals surface area contributed by atoms with E-state index >= 15 is 0 Å². The Morgan fingerprint density at radius 2 is 2.18 bits per heavy atom. The van der Waals surface area contributed by atoms with Crippen molar-refractivity contribution >= 4 is 5.97 Å². The van der Waals surface area contributed by atoms with Gasteiger partial charge in [-0.2, -0.15) is 0 Å². The zero-order chi connectivity index (χ0) is 11.8. The summed E-state index contributed by atoms with van der Waals surface area (Å²) in [6.07, 6.45) is 1.33. The zero-order valence-corrected chi connectivity index (χ0v) is 10.0. The number of fused-ring (bicyclic) bond motifs is 1. The summed E-state index contributed by atoms with van der Waals surface area (Å²) in [5, 5.41) is 0. The molecule has 1 saturated carbocycles. The minimum absolute atomic E-state index is 0.147. The van der Waals surface area contributed by atoms with Crippen LogP contribution >= 0.6 is 0 Å². The molecule has 17 heavy (non-hydrogen) atoms. The van der Waals surface area contributed by atoms with Crippen LogP contribution in [0.2, 0.25) is 0 Å². The van der Waals surface area contributed by atoms with Gasteiger partial charge in [0.1, 0.15) is 6.10 Å². The number of carbonyl (C=O) groups excluding carboxylic acids is 1. The van der Waals surface area contributed by atoms with Crippen LogP contribution in [0.15, 0.2) is 30.3 Å². The second-order valence-corrected chi connectivity index (χ2v) is 5.05. The van der Waals surface area contributed by atoms with Gasteiger partial charge in [-0.25, -0.2) is 0 Å². The highest BCUT2D eigenvalue weighted by atomic mass is 16.5. The number of hydrogen-bond donors (Lipinski definition) is 0. The van der Waals surface area contributed by atoms with Crippen LogP contribution in [0.3, 0.4) is 0 Å². The van der Waals surface area contributed by atoms with Gasteiger partial charge in [-0.1, -0.05) is 30.3 Å². The van der Waals surface area contributed by atoms with E-state index in [9.17, 15) is 4.79 Å². The molecule has 1 aliphatic carbocycles. The average Bonchev–Trinajstić information content (AvgIpc) is 2.84. The van der Waals surface area contributed by atoms with E-state index in [0.29, 0.717) is 12.0 Å². The quantitative estimate of drug-likeness (QED) is 0.743. The van der Waals surface area contributed by atoms with Gasteiger partial charge in [-0.3, -0.25) is 9.69 Å². The Bertz CT molecular complexity index is 417. The topological polar surface area (TPSA) is 29.5 Å². The lowest BCUT2D eigenvalue weighted by molar-refractivity contribution is -0.155. The van der Waals surface area contributed by atoms with Crippen molar-refractivity contribution in [3.63, 3.8) is 0 Å². The average molecular weight is 231 g/mol. The Morgan fingerprint density at radius 1 is 1.41 bits per heavy atom. The van der Waals surface area contributed by atoms with Crippen LogP contribution in [0.25, 0.3) is 0 Å². The Kier molecular flexibility index (Phi) is 2.63. The Balaban J connectivity index is 1.63. The molecule has 4 rings (SSSR count). The number of benzene rings is 1. The Labute approximate surface area is 101 Å². The molecule has 0 radical (unpaired) electrons. The van der Waals surface area contributed by atoms with Crippen molar-refractivity contribution < 1.29 is 9.53 Å². The summed E-state index contributed by atoms with van der Waals surface area (Å²) in [4.78, 5) is 13.4. The van der Waals surface area contributed by atoms with Gasteiger partial charge in [0, 0.05) is 32.0 Å². The smallest absolute Gasteiger partial charge is 0.302 e. The first-order chi connectivity index (χ1) is 8.24. The molecule has 0 spiro atoms. The predicted molar refractivity (Wildman–Crippen MR) is 64.3 cm³/mol. The number of rotatable bonds is 3. The van der Waals surface area contributed by atoms with Crippen molar-refractivity contribution in [1.29, 1.82) is 0 Å². The Hall–Kier alpha value is -1.35. The number of ether oxygens (including phenoxy) is 1. The molecule has 1 aromatic rings. The van der Waals surface area contributed by atoms with Gasteiger partial charge in [0.25, 0.3) is 0 Å². The molecular formula is C14H17NO2. The summed E-state index contributed by atoms with van der Waals surface area (Å²) in [6, 6.07) is 10.9. The first-order valence-corrected chi connectivity index (χ1v) is 6.19. The predicted octanol–water partition coefficient (Wildman–Crippen LogP) is 1.82. The summed E-state index contributed by atoms with van der Waals surface area (Å²) in [5.74, 6) is 0.416. The third-order valence-electron chi connectivity index (χ3n) is 3.86. The molecule has 3 nitrogen and oxygen atoms in total. The van der Waals surface area contributed by atoms with Crippen molar-refractivity contribution in [2.75, 3.05) is 6.54 Å². The van der Waals surface area contributed by atoms with Crippen molar-refractivity contribution in [1.82, 2.24) is 4.90 Å². The van der Waals surface area contributed by atoms with Gasteiger partial charge in [-0.05, 0) is 12.0 Å². The molecule has 3 fully saturated rings. The maximum absolute atomic E-state index is 11.0. The first kappa shape index (κ1) is 10.8. The third kappa shape index (κ3) is 1.95. The van der Waals surface area contributed by atoms with Crippen LogP contribution in [0.1, 0.15) is 18.9 Å². The highest BCUT2D eigenvalue weighted by Gasteiger charge is 2.53. The van der Waals surface area contributed by atoms with E-state index in [2.05, 4.69) is 29.2 Å². The van der Waals surface area contributed by atoms with Gasteiger partial charge >= 0.3 is 5.97 Å². The molecular weight excluding hydrogens is 214 g/mol. The van der Waals surface area contributed by atoms with Crippen molar-refractivity contribution in [2.45, 2.75) is 32.0 Å². The summed E-state index contributed by atoms with van der Waals surface area (Å²) in [7, 11) is 0. The van der Waals surface area contributed by atoms with E-state index in [4.69, 9.17) is 4.74 Å². The monoisotopic (exact) mass is 231 g/mol. The SMILES string of the molecule is CC(=O)OC1C2CC1N(Cc1ccccc1)C2. The van der Waals surface area contributed by atoms with Crippen LogP contribution in [0.4, 0.5) is 0 Å². The van der Waals surface area contributed by atoms with Crippen molar-refractivity contribution in [3.05, 3.63) is 35.9 Å². The van der Waals surface area contributed by atoms with E-state index < -0.39 is 0 Å². The first-order valence-electron chi connectivity index (χ1n) is 6.19. The van der Waals surface area contributed by atoms with Crippen LogP contribution in [0.5, 0.6) is 0 Å². The highest BCUT2D eigenvalue weighted by Crippen LogP contribution is 2.43. The minimum atomic E-state index is -0.147. The van der Waals surface area contributed by atoms with Gasteiger partial charge in [0.2, 0.25) is 0 Å². The number of nitrogens with zero attached hydrogens (tertiary/aromatic N) is 1. The van der Waals surface area contributed by atoms with Crippen molar-refractivity contribution in [3.8, 4) is 0 Å². The summed E-state index contributed by atoms with van der Waals surface area (Å²) in [5.41, 5.74) is 1.33. The van der Waals surface area contributed by atoms with Crippen LogP contribution < -0.4 is 0 Å². The lowest BCUT2D eigenvalue weighted by Crippen LogP contribution is -2.45. The fourth-order valence-electron chi connectivity index (χ4n) is 3.03. The largest absolute Gasteiger partial charge is 0.461 e. The van der Waals surface area contributed by atoms with Crippen molar-refractivity contribution in [2.24, 2.45) is 5.92 Å². The highest BCUT2D eigenvalue weighted by molar-refractivity contribution is 5.66. The molecule has 3 atom stereocenters. The normalized spacial score (nSPS) is 31.0. The second kappa shape index (κ2) is 4.15. The maximum atomic E-state index is 11.0. The molecule has 2 saturated heterocycles. The summed E-state index contributed by atoms with van der Waals surface area (Å²) < 4.78 is 5.36. The third-order valence-corrected chi connectivity index (χ3v) is 3.86. The van der Waals surface area contributed by atoms with Gasteiger partial charge in [-0.15, -0.1) is 0 Å². The molecule has 2 heterocycles. The molecule has 2 bridgehead atoms. The maximum Gasteiger partial charge on any atom is 0.302 e. The fraction of sp³-hybridized carbons (Fsp3) is 0.500. The molecule has 90 valence electrons. The number of carbonyl (C=O) groups is 1. The van der Waals surface area contributed by atoms with E-state index in [0.717, 1.165) is 13.1 Å². The Morgan fingerprint density at radius 3 is 2.88 bits per heavy atom. The lowest BCUT2D eigenvalue weighted by atomic mass is 9.82. The van der Waals surface area contributed by atoms with Gasteiger partial charge in [0.05, 0.1) is 0 Å². The molecule has 1 aromatic carbocycles. The number of esters is 1. The van der Waals surface area contributed by atoms with Gasteiger partial charge < -0.3 is 4.74 Å². The molecule has 0 amide bonds.